The van der Waals surface area contributed by atoms with Crippen LogP contribution in [0.25, 0.3) is 0 Å². The van der Waals surface area contributed by atoms with Crippen LogP contribution in [0.1, 0.15) is 39.8 Å². The van der Waals surface area contributed by atoms with E-state index < -0.39 is 0 Å². The summed E-state index contributed by atoms with van der Waals surface area (Å²) < 4.78 is 0.839. The molecule has 0 unspecified atom stereocenters. The van der Waals surface area contributed by atoms with Crippen LogP contribution in [0, 0.1) is 12.8 Å². The number of rotatable bonds is 7. The first kappa shape index (κ1) is 19.0. The molecule has 3 rings (SSSR count). The van der Waals surface area contributed by atoms with Crippen molar-refractivity contribution in [2.75, 3.05) is 5.32 Å². The Morgan fingerprint density at radius 3 is 2.69 bits per heavy atom. The summed E-state index contributed by atoms with van der Waals surface area (Å²) in [4.78, 5) is 17.7. The topological polar surface area (TPSA) is 67.8 Å². The maximum atomic E-state index is 12.5. The van der Waals surface area contributed by atoms with E-state index in [9.17, 15) is 4.79 Å². The van der Waals surface area contributed by atoms with Crippen molar-refractivity contribution in [3.8, 4) is 0 Å². The molecule has 0 fully saturated rings. The summed E-state index contributed by atoms with van der Waals surface area (Å²) in [6.07, 6.45) is 0.887. The van der Waals surface area contributed by atoms with Gasteiger partial charge in [-0.15, -0.1) is 21.5 Å². The Morgan fingerprint density at radius 1 is 1.19 bits per heavy atom. The fourth-order valence-electron chi connectivity index (χ4n) is 2.29. The molecular formula is C18H20N4OS3. The zero-order valence-corrected chi connectivity index (χ0v) is 17.3. The molecule has 0 atom stereocenters. The quantitative estimate of drug-likeness (QED) is 0.441. The van der Waals surface area contributed by atoms with E-state index in [0.717, 1.165) is 27.2 Å². The van der Waals surface area contributed by atoms with Gasteiger partial charge in [-0.25, -0.2) is 4.98 Å². The highest BCUT2D eigenvalue weighted by Crippen LogP contribution is 2.29. The molecule has 1 aromatic carbocycles. The molecule has 0 bridgehead atoms. The van der Waals surface area contributed by atoms with E-state index in [4.69, 9.17) is 0 Å². The van der Waals surface area contributed by atoms with Gasteiger partial charge in [0.1, 0.15) is 4.88 Å². The maximum absolute atomic E-state index is 12.5. The molecule has 0 spiro atoms. The average molecular weight is 405 g/mol. The average Bonchev–Trinajstić information content (AvgIpc) is 3.19. The van der Waals surface area contributed by atoms with Gasteiger partial charge in [-0.3, -0.25) is 10.1 Å². The molecule has 3 aromatic rings. The minimum absolute atomic E-state index is 0.161. The molecule has 1 N–H and O–H groups in total. The van der Waals surface area contributed by atoms with Gasteiger partial charge >= 0.3 is 0 Å². The normalized spacial score (nSPS) is 11.1. The standard InChI is InChI=1S/C18H20N4OS3/c1-11(2)9-14-19-12(3)15(25-14)16(23)20-17-21-22-18(26-17)24-10-13-7-5-4-6-8-13/h4-8,11H,9-10H2,1-3H3,(H,20,21,23). The van der Waals surface area contributed by atoms with Crippen LogP contribution in [0.15, 0.2) is 34.7 Å². The molecule has 136 valence electrons. The Labute approximate surface area is 165 Å². The number of anilines is 1. The fraction of sp³-hybridized carbons (Fsp3) is 0.333. The maximum Gasteiger partial charge on any atom is 0.269 e. The third-order valence-electron chi connectivity index (χ3n) is 3.46. The number of amides is 1. The third-order valence-corrected chi connectivity index (χ3v) is 6.68. The second-order valence-corrected chi connectivity index (χ2v) is 9.51. The Hall–Kier alpha value is -1.77. The number of aryl methyl sites for hydroxylation is 1. The number of hydrogen-bond donors (Lipinski definition) is 1. The highest BCUT2D eigenvalue weighted by molar-refractivity contribution is 8.00. The molecule has 8 heteroatoms. The summed E-state index contributed by atoms with van der Waals surface area (Å²) in [7, 11) is 0. The predicted molar refractivity (Wildman–Crippen MR) is 109 cm³/mol. The number of carbonyl (C=O) groups excluding carboxylic acids is 1. The highest BCUT2D eigenvalue weighted by Gasteiger charge is 2.17. The Morgan fingerprint density at radius 2 is 1.96 bits per heavy atom. The van der Waals surface area contributed by atoms with E-state index in [2.05, 4.69) is 46.5 Å². The van der Waals surface area contributed by atoms with Gasteiger partial charge in [0.05, 0.1) is 10.7 Å². The first-order valence-electron chi connectivity index (χ1n) is 8.29. The van der Waals surface area contributed by atoms with Gasteiger partial charge in [0, 0.05) is 12.2 Å². The molecule has 2 aromatic heterocycles. The van der Waals surface area contributed by atoms with Crippen molar-refractivity contribution in [1.29, 1.82) is 0 Å². The van der Waals surface area contributed by atoms with Gasteiger partial charge in [-0.1, -0.05) is 67.3 Å². The van der Waals surface area contributed by atoms with Gasteiger partial charge in [0.2, 0.25) is 5.13 Å². The van der Waals surface area contributed by atoms with Gasteiger partial charge in [-0.05, 0) is 18.4 Å². The van der Waals surface area contributed by atoms with Crippen LogP contribution in [0.3, 0.4) is 0 Å². The molecule has 0 aliphatic carbocycles. The molecule has 2 heterocycles. The van der Waals surface area contributed by atoms with Crippen molar-refractivity contribution in [1.82, 2.24) is 15.2 Å². The SMILES string of the molecule is Cc1nc(CC(C)C)sc1C(=O)Nc1nnc(SCc2ccccc2)s1. The minimum Gasteiger partial charge on any atom is -0.296 e. The molecular weight excluding hydrogens is 384 g/mol. The Bertz CT molecular complexity index is 874. The lowest BCUT2D eigenvalue weighted by Crippen LogP contribution is -2.11. The summed E-state index contributed by atoms with van der Waals surface area (Å²) in [5, 5.41) is 12.6. The van der Waals surface area contributed by atoms with Crippen molar-refractivity contribution in [3.05, 3.63) is 51.5 Å². The Balaban J connectivity index is 1.60. The van der Waals surface area contributed by atoms with E-state index in [0.29, 0.717) is 15.9 Å². The summed E-state index contributed by atoms with van der Waals surface area (Å²) in [5.74, 6) is 1.19. The first-order valence-corrected chi connectivity index (χ1v) is 10.9. The number of aromatic nitrogens is 3. The molecule has 0 radical (unpaired) electrons. The van der Waals surface area contributed by atoms with Crippen molar-refractivity contribution < 1.29 is 4.79 Å². The molecule has 5 nitrogen and oxygen atoms in total. The van der Waals surface area contributed by atoms with Gasteiger partial charge in [0.25, 0.3) is 5.91 Å². The van der Waals surface area contributed by atoms with Crippen molar-refractivity contribution >= 4 is 45.5 Å². The monoisotopic (exact) mass is 404 g/mol. The molecule has 0 saturated heterocycles. The number of nitrogens with zero attached hydrogens (tertiary/aromatic N) is 3. The lowest BCUT2D eigenvalue weighted by molar-refractivity contribution is 0.102. The molecule has 26 heavy (non-hydrogen) atoms. The van der Waals surface area contributed by atoms with E-state index >= 15 is 0 Å². The largest absolute Gasteiger partial charge is 0.296 e. The summed E-state index contributed by atoms with van der Waals surface area (Å²) in [6, 6.07) is 10.2. The van der Waals surface area contributed by atoms with Crippen molar-refractivity contribution in [2.45, 2.75) is 37.3 Å². The molecule has 0 aliphatic heterocycles. The van der Waals surface area contributed by atoms with Crippen molar-refractivity contribution in [2.24, 2.45) is 5.92 Å². The Kier molecular flexibility index (Phi) is 6.39. The second kappa shape index (κ2) is 8.75. The van der Waals surface area contributed by atoms with E-state index in [1.165, 1.54) is 28.2 Å². The van der Waals surface area contributed by atoms with Crippen LogP contribution < -0.4 is 5.32 Å². The van der Waals surface area contributed by atoms with Crippen LogP contribution in [-0.4, -0.2) is 21.1 Å². The predicted octanol–water partition coefficient (Wildman–Crippen LogP) is 5.05. The lowest BCUT2D eigenvalue weighted by atomic mass is 10.1. The van der Waals surface area contributed by atoms with Crippen LogP contribution in [-0.2, 0) is 12.2 Å². The van der Waals surface area contributed by atoms with Crippen LogP contribution in [0.2, 0.25) is 0 Å². The number of thioether (sulfide) groups is 1. The number of carbonyl (C=O) groups is 1. The number of benzene rings is 1. The van der Waals surface area contributed by atoms with Crippen LogP contribution in [0.4, 0.5) is 5.13 Å². The fourth-order valence-corrected chi connectivity index (χ4v) is 5.17. The van der Waals surface area contributed by atoms with Crippen LogP contribution in [0.5, 0.6) is 0 Å². The zero-order chi connectivity index (χ0) is 18.5. The first-order chi connectivity index (χ1) is 12.5. The summed E-state index contributed by atoms with van der Waals surface area (Å²) in [6.45, 7) is 6.16. The summed E-state index contributed by atoms with van der Waals surface area (Å²) in [5.41, 5.74) is 2.00. The van der Waals surface area contributed by atoms with E-state index in [1.807, 2.05) is 25.1 Å². The lowest BCUT2D eigenvalue weighted by Gasteiger charge is -1.99. The number of thiazole rings is 1. The molecule has 0 saturated carbocycles. The van der Waals surface area contributed by atoms with Gasteiger partial charge in [-0.2, -0.15) is 0 Å². The van der Waals surface area contributed by atoms with Crippen molar-refractivity contribution in [3.63, 3.8) is 0 Å². The smallest absolute Gasteiger partial charge is 0.269 e. The zero-order valence-electron chi connectivity index (χ0n) is 14.9. The minimum atomic E-state index is -0.161. The van der Waals surface area contributed by atoms with E-state index in [-0.39, 0.29) is 5.91 Å². The highest BCUT2D eigenvalue weighted by atomic mass is 32.2. The van der Waals surface area contributed by atoms with Gasteiger partial charge < -0.3 is 0 Å². The molecule has 1 amide bonds. The number of nitrogens with one attached hydrogen (secondary N) is 1. The van der Waals surface area contributed by atoms with Crippen LogP contribution >= 0.6 is 34.4 Å². The van der Waals surface area contributed by atoms with Gasteiger partial charge in [0.15, 0.2) is 4.34 Å². The van der Waals surface area contributed by atoms with E-state index in [1.54, 1.807) is 11.8 Å². The second-order valence-electron chi connectivity index (χ2n) is 6.22. The summed E-state index contributed by atoms with van der Waals surface area (Å²) >= 11 is 4.46. The third kappa shape index (κ3) is 5.12. The molecule has 0 aliphatic rings. The number of hydrogen-bond acceptors (Lipinski definition) is 7.